The Balaban J connectivity index is 1.54. The van der Waals surface area contributed by atoms with Crippen LogP contribution < -0.4 is 9.47 Å². The fourth-order valence-corrected chi connectivity index (χ4v) is 5.84. The lowest BCUT2D eigenvalue weighted by Gasteiger charge is -2.39. The van der Waals surface area contributed by atoms with Gasteiger partial charge in [-0.2, -0.15) is 0 Å². The molecule has 0 fully saturated rings. The highest BCUT2D eigenvalue weighted by molar-refractivity contribution is 7.99. The quantitative estimate of drug-likeness (QED) is 0.320. The molecule has 0 bridgehead atoms. The Labute approximate surface area is 224 Å². The molecule has 0 saturated heterocycles. The number of rotatable bonds is 10. The van der Waals surface area contributed by atoms with Crippen LogP contribution in [0.1, 0.15) is 47.9 Å². The van der Waals surface area contributed by atoms with Crippen molar-refractivity contribution in [1.29, 1.82) is 0 Å². The van der Waals surface area contributed by atoms with Gasteiger partial charge in [0.25, 0.3) is 0 Å². The molecule has 2 heterocycles. The van der Waals surface area contributed by atoms with Gasteiger partial charge in [0.15, 0.2) is 11.5 Å². The fraction of sp³-hybridized carbons (Fsp3) is 0.310. The molecular weight excluding hydrogens is 508 g/mol. The first kappa shape index (κ1) is 26.1. The van der Waals surface area contributed by atoms with Crippen LogP contribution in [0, 0.1) is 0 Å². The minimum atomic E-state index is -1.18. The van der Waals surface area contributed by atoms with E-state index in [1.807, 2.05) is 54.6 Å². The number of hydrogen-bond acceptors (Lipinski definition) is 7. The normalized spacial score (nSPS) is 15.1. The molecule has 0 atom stereocenters. The predicted octanol–water partition coefficient (Wildman–Crippen LogP) is 5.59. The van der Waals surface area contributed by atoms with Crippen molar-refractivity contribution in [2.75, 3.05) is 13.2 Å². The SMILES string of the molecule is O=C(O)CCCOc1ccc2c(c1OCCCC(=O)O)Sc1ccccc1C21OCc2ccccc2CO1. The zero-order valence-electron chi connectivity index (χ0n) is 20.7. The third-order valence-corrected chi connectivity index (χ3v) is 7.62. The summed E-state index contributed by atoms with van der Waals surface area (Å²) < 4.78 is 25.4. The van der Waals surface area contributed by atoms with Crippen LogP contribution in [-0.2, 0) is 38.1 Å². The van der Waals surface area contributed by atoms with E-state index < -0.39 is 17.7 Å². The number of carboxylic acid groups (broad SMARTS) is 2. The van der Waals surface area contributed by atoms with Crippen LogP contribution in [0.2, 0.25) is 0 Å². The van der Waals surface area contributed by atoms with Gasteiger partial charge in [-0.25, -0.2) is 0 Å². The second-order valence-electron chi connectivity index (χ2n) is 9.02. The van der Waals surface area contributed by atoms with E-state index in [1.54, 1.807) is 6.07 Å². The Hall–Kier alpha value is -3.53. The lowest BCUT2D eigenvalue weighted by Crippen LogP contribution is -2.36. The van der Waals surface area contributed by atoms with Gasteiger partial charge in [0.05, 0.1) is 31.3 Å². The molecule has 0 aliphatic carbocycles. The summed E-state index contributed by atoms with van der Waals surface area (Å²) in [7, 11) is 0. The van der Waals surface area contributed by atoms with E-state index in [-0.39, 0.29) is 26.1 Å². The lowest BCUT2D eigenvalue weighted by molar-refractivity contribution is -0.228. The van der Waals surface area contributed by atoms with Crippen molar-refractivity contribution in [3.05, 3.63) is 82.9 Å². The monoisotopic (exact) mass is 536 g/mol. The standard InChI is InChI=1S/C29H28O8S/c30-25(31)11-5-15-34-23-14-13-22-28(27(23)35-16-6-12-26(32)33)38-24-10-4-3-9-21(24)29(22)36-17-19-7-1-2-8-20(19)18-37-29/h1-4,7-10,13-14H,5-6,11-12,15-18H2,(H,30,31)(H,32,33). The van der Waals surface area contributed by atoms with Crippen molar-refractivity contribution in [2.24, 2.45) is 0 Å². The summed E-state index contributed by atoms with van der Waals surface area (Å²) >= 11 is 1.51. The van der Waals surface area contributed by atoms with E-state index in [2.05, 4.69) is 0 Å². The van der Waals surface area contributed by atoms with Crippen LogP contribution in [-0.4, -0.2) is 35.4 Å². The highest BCUT2D eigenvalue weighted by atomic mass is 32.2. The van der Waals surface area contributed by atoms with Gasteiger partial charge < -0.3 is 29.2 Å². The first-order valence-electron chi connectivity index (χ1n) is 12.5. The Morgan fingerprint density at radius 3 is 2.05 bits per heavy atom. The van der Waals surface area contributed by atoms with Gasteiger partial charge in [-0.3, -0.25) is 9.59 Å². The zero-order chi connectivity index (χ0) is 26.5. The summed E-state index contributed by atoms with van der Waals surface area (Å²) in [4.78, 5) is 23.7. The second kappa shape index (κ2) is 11.5. The molecule has 3 aromatic carbocycles. The molecule has 8 nitrogen and oxygen atoms in total. The molecule has 0 unspecified atom stereocenters. The van der Waals surface area contributed by atoms with Crippen LogP contribution >= 0.6 is 11.8 Å². The highest BCUT2D eigenvalue weighted by Crippen LogP contribution is 2.56. The van der Waals surface area contributed by atoms with Crippen LogP contribution in [0.3, 0.4) is 0 Å². The Bertz CT molecular complexity index is 1310. The van der Waals surface area contributed by atoms with E-state index in [0.717, 1.165) is 32.0 Å². The number of carboxylic acids is 2. The van der Waals surface area contributed by atoms with Crippen molar-refractivity contribution >= 4 is 23.7 Å². The van der Waals surface area contributed by atoms with Gasteiger partial charge >= 0.3 is 11.9 Å². The molecule has 198 valence electrons. The molecule has 0 radical (unpaired) electrons. The van der Waals surface area contributed by atoms with Crippen LogP contribution in [0.15, 0.2) is 70.5 Å². The summed E-state index contributed by atoms with van der Waals surface area (Å²) in [6.07, 6.45) is 0.642. The Kier molecular flexibility index (Phi) is 7.87. The molecule has 0 aromatic heterocycles. The first-order chi connectivity index (χ1) is 18.5. The molecule has 2 N–H and O–H groups in total. The third kappa shape index (κ3) is 5.36. The average Bonchev–Trinajstić information content (AvgIpc) is 3.10. The molecule has 9 heteroatoms. The largest absolute Gasteiger partial charge is 0.490 e. The number of carbonyl (C=O) groups is 2. The number of ether oxygens (including phenoxy) is 4. The van der Waals surface area contributed by atoms with Crippen molar-refractivity contribution in [1.82, 2.24) is 0 Å². The number of benzene rings is 3. The number of aliphatic carboxylic acids is 2. The molecule has 2 aliphatic heterocycles. The molecule has 5 rings (SSSR count). The topological polar surface area (TPSA) is 112 Å². The van der Waals surface area contributed by atoms with Gasteiger partial charge in [-0.05, 0) is 42.2 Å². The van der Waals surface area contributed by atoms with Crippen molar-refractivity contribution in [2.45, 2.75) is 54.5 Å². The smallest absolute Gasteiger partial charge is 0.303 e. The summed E-state index contributed by atoms with van der Waals surface area (Å²) in [6.45, 7) is 1.09. The van der Waals surface area contributed by atoms with E-state index in [1.165, 1.54) is 11.8 Å². The van der Waals surface area contributed by atoms with E-state index >= 15 is 0 Å². The van der Waals surface area contributed by atoms with Gasteiger partial charge in [0, 0.05) is 28.9 Å². The van der Waals surface area contributed by atoms with Crippen molar-refractivity contribution in [3.63, 3.8) is 0 Å². The van der Waals surface area contributed by atoms with E-state index in [9.17, 15) is 9.59 Å². The van der Waals surface area contributed by atoms with E-state index in [0.29, 0.717) is 37.6 Å². The predicted molar refractivity (Wildman–Crippen MR) is 139 cm³/mol. The number of hydrogen-bond donors (Lipinski definition) is 2. The third-order valence-electron chi connectivity index (χ3n) is 6.44. The lowest BCUT2D eigenvalue weighted by atomic mass is 9.95. The van der Waals surface area contributed by atoms with Gasteiger partial charge in [-0.15, -0.1) is 0 Å². The number of fused-ring (bicyclic) bond motifs is 5. The summed E-state index contributed by atoms with van der Waals surface area (Å²) in [5, 5.41) is 18.0. The van der Waals surface area contributed by atoms with Gasteiger partial charge in [0.2, 0.25) is 5.79 Å². The average molecular weight is 537 g/mol. The summed E-state index contributed by atoms with van der Waals surface area (Å²) in [5.41, 5.74) is 3.80. The highest BCUT2D eigenvalue weighted by Gasteiger charge is 2.46. The maximum absolute atomic E-state index is 11.0. The molecule has 2 aliphatic rings. The van der Waals surface area contributed by atoms with Crippen molar-refractivity contribution < 1.29 is 38.7 Å². The van der Waals surface area contributed by atoms with Crippen LogP contribution in [0.5, 0.6) is 11.5 Å². The molecule has 38 heavy (non-hydrogen) atoms. The first-order valence-corrected chi connectivity index (χ1v) is 13.3. The maximum atomic E-state index is 11.0. The van der Waals surface area contributed by atoms with Gasteiger partial charge in [0.1, 0.15) is 0 Å². The second-order valence-corrected chi connectivity index (χ2v) is 10.1. The van der Waals surface area contributed by atoms with Crippen molar-refractivity contribution in [3.8, 4) is 11.5 Å². The van der Waals surface area contributed by atoms with Crippen LogP contribution in [0.25, 0.3) is 0 Å². The fourth-order valence-electron chi connectivity index (χ4n) is 4.59. The zero-order valence-corrected chi connectivity index (χ0v) is 21.5. The van der Waals surface area contributed by atoms with Crippen LogP contribution in [0.4, 0.5) is 0 Å². The Morgan fingerprint density at radius 2 is 1.39 bits per heavy atom. The molecule has 0 saturated carbocycles. The van der Waals surface area contributed by atoms with Gasteiger partial charge in [-0.1, -0.05) is 54.2 Å². The minimum Gasteiger partial charge on any atom is -0.490 e. The Morgan fingerprint density at radius 1 is 0.789 bits per heavy atom. The molecular formula is C29H28O8S. The summed E-state index contributed by atoms with van der Waals surface area (Å²) in [6, 6.07) is 19.6. The maximum Gasteiger partial charge on any atom is 0.303 e. The molecule has 1 spiro atoms. The van der Waals surface area contributed by atoms with E-state index in [4.69, 9.17) is 29.2 Å². The minimum absolute atomic E-state index is 0.00673. The summed E-state index contributed by atoms with van der Waals surface area (Å²) in [5.74, 6) is -2.03. The molecule has 3 aromatic rings. The molecule has 0 amide bonds.